The minimum absolute atomic E-state index is 0.0966. The van der Waals surface area contributed by atoms with Gasteiger partial charge in [-0.05, 0) is 112 Å². The summed E-state index contributed by atoms with van der Waals surface area (Å²) in [7, 11) is 0. The molecule has 0 spiro atoms. The van der Waals surface area contributed by atoms with Gasteiger partial charge in [0.25, 0.3) is 23.6 Å². The van der Waals surface area contributed by atoms with Crippen LogP contribution >= 0.6 is 46.4 Å². The number of nitrogens with one attached hydrogen (secondary N) is 4. The molecule has 5 rings (SSSR count). The molecule has 2 unspecified atom stereocenters. The zero-order valence-corrected chi connectivity index (χ0v) is 38.3. The molecule has 4 N–H and O–H groups in total. The summed E-state index contributed by atoms with van der Waals surface area (Å²) in [5.74, 6) is -5.51. The van der Waals surface area contributed by atoms with Crippen LogP contribution in [0, 0.1) is 13.8 Å². The molecular weight excluding hydrogens is 992 g/mol. The number of halogens is 10. The molecule has 0 bridgehead atoms. The Bertz CT molecular complexity index is 2740. The number of ketones is 2. The van der Waals surface area contributed by atoms with Crippen molar-refractivity contribution in [2.75, 3.05) is 21.3 Å². The summed E-state index contributed by atoms with van der Waals surface area (Å²) in [6.45, 7) is 5.18. The van der Waals surface area contributed by atoms with E-state index in [0.717, 1.165) is 62.4 Å². The predicted octanol–water partition coefficient (Wildman–Crippen LogP) is 12.8. The standard InChI is InChI=1S/C44H32Cl4F6N8O6/c1-19-15-32(56-42(68)36(22(4)64)62-60-34-18-24(12-14-28(34)46)40(66)58-38-26(44(52,53)54)8-6-10-30(38)48)20(2)16-31(19)55-41(67)35(21(3)63)61-59-33-17-23(11-13-27(33)45)39(65)57-37-25(43(49,50)51)7-5-9-29(37)47/h5-18,35-36H,1-4H3,(H,55,67)(H,56,68)(H,57,65)(H,58,66). The maximum Gasteiger partial charge on any atom is 0.418 e. The molecule has 5 aromatic carbocycles. The Labute approximate surface area is 401 Å². The van der Waals surface area contributed by atoms with Crippen LogP contribution in [0.1, 0.15) is 56.8 Å². The normalized spacial score (nSPS) is 12.7. The van der Waals surface area contributed by atoms with Crippen LogP contribution in [0.25, 0.3) is 0 Å². The largest absolute Gasteiger partial charge is 0.418 e. The van der Waals surface area contributed by atoms with Crippen LogP contribution < -0.4 is 21.3 Å². The number of hydrogen-bond acceptors (Lipinski definition) is 10. The highest BCUT2D eigenvalue weighted by molar-refractivity contribution is 6.35. The smallest absolute Gasteiger partial charge is 0.324 e. The summed E-state index contributed by atoms with van der Waals surface area (Å²) in [5.41, 5.74) is -3.65. The molecule has 0 aliphatic rings. The number of rotatable bonds is 14. The average molecular weight is 1020 g/mol. The summed E-state index contributed by atoms with van der Waals surface area (Å²) < 4.78 is 81.6. The first-order chi connectivity index (χ1) is 31.8. The van der Waals surface area contributed by atoms with E-state index in [9.17, 15) is 55.1 Å². The van der Waals surface area contributed by atoms with Gasteiger partial charge in [0, 0.05) is 22.5 Å². The van der Waals surface area contributed by atoms with E-state index >= 15 is 0 Å². The van der Waals surface area contributed by atoms with Gasteiger partial charge in [0.1, 0.15) is 11.4 Å². The van der Waals surface area contributed by atoms with Crippen molar-refractivity contribution in [3.05, 3.63) is 138 Å². The van der Waals surface area contributed by atoms with Crippen molar-refractivity contribution in [1.29, 1.82) is 0 Å². The lowest BCUT2D eigenvalue weighted by atomic mass is 10.1. The number of para-hydroxylation sites is 2. The monoisotopic (exact) mass is 1020 g/mol. The van der Waals surface area contributed by atoms with Gasteiger partial charge in [-0.3, -0.25) is 28.8 Å². The first kappa shape index (κ1) is 52.2. The van der Waals surface area contributed by atoms with Crippen molar-refractivity contribution in [1.82, 2.24) is 0 Å². The van der Waals surface area contributed by atoms with Gasteiger partial charge in [0.15, 0.2) is 11.6 Å². The summed E-state index contributed by atoms with van der Waals surface area (Å²) in [5, 5.41) is 23.8. The fraction of sp³-hybridized carbons (Fsp3) is 0.182. The molecule has 0 heterocycles. The fourth-order valence-corrected chi connectivity index (χ4v) is 6.73. The highest BCUT2D eigenvalue weighted by Gasteiger charge is 2.36. The fourth-order valence-electron chi connectivity index (χ4n) is 5.97. The maximum absolute atomic E-state index is 13.6. The maximum atomic E-state index is 13.6. The molecule has 0 aliphatic heterocycles. The number of alkyl halides is 6. The molecular formula is C44H32Cl4F6N8O6. The van der Waals surface area contributed by atoms with Gasteiger partial charge in [-0.25, -0.2) is 0 Å². The molecule has 0 saturated heterocycles. The summed E-state index contributed by atoms with van der Waals surface area (Å²) in [6.07, 6.45) is -9.69. The summed E-state index contributed by atoms with van der Waals surface area (Å²) in [6, 6.07) is 12.1. The molecule has 0 aliphatic carbocycles. The summed E-state index contributed by atoms with van der Waals surface area (Å²) in [4.78, 5) is 78.0. The number of Topliss-reactive ketones (excluding diaryl/α,β-unsaturated/α-hetero) is 2. The van der Waals surface area contributed by atoms with E-state index in [0.29, 0.717) is 11.1 Å². The molecule has 0 radical (unpaired) electrons. The third kappa shape index (κ3) is 12.8. The average Bonchev–Trinajstić information content (AvgIpc) is 3.24. The number of anilines is 4. The Hall–Kier alpha value is -6.74. The van der Waals surface area contributed by atoms with Gasteiger partial charge >= 0.3 is 12.4 Å². The van der Waals surface area contributed by atoms with Crippen LogP contribution in [0.15, 0.2) is 105 Å². The third-order valence-corrected chi connectivity index (χ3v) is 10.7. The van der Waals surface area contributed by atoms with Crippen molar-refractivity contribution in [3.8, 4) is 0 Å². The molecule has 4 amide bonds. The Kier molecular flexibility index (Phi) is 16.5. The van der Waals surface area contributed by atoms with Crippen molar-refractivity contribution in [2.24, 2.45) is 20.5 Å². The van der Waals surface area contributed by atoms with E-state index in [1.165, 1.54) is 50.2 Å². The lowest BCUT2D eigenvalue weighted by Crippen LogP contribution is -2.32. The molecule has 24 heteroatoms. The van der Waals surface area contributed by atoms with E-state index in [1.54, 1.807) is 0 Å². The molecule has 5 aromatic rings. The molecule has 0 saturated carbocycles. The SMILES string of the molecule is CC(=O)C(N=Nc1cc(C(=O)Nc2c(Cl)cccc2C(F)(F)F)ccc1Cl)C(=O)Nc1cc(C)c(NC(=O)C(N=Nc2cc(C(=O)Nc3c(Cl)cccc3C(F)(F)F)ccc2Cl)C(C)=O)cc1C. The molecule has 2 atom stereocenters. The first-order valence-electron chi connectivity index (χ1n) is 19.3. The Morgan fingerprint density at radius 3 is 1.18 bits per heavy atom. The van der Waals surface area contributed by atoms with Gasteiger partial charge in [0.05, 0.1) is 42.6 Å². The predicted molar refractivity (Wildman–Crippen MR) is 243 cm³/mol. The van der Waals surface area contributed by atoms with Gasteiger partial charge < -0.3 is 21.3 Å². The third-order valence-electron chi connectivity index (χ3n) is 9.45. The zero-order chi connectivity index (χ0) is 50.4. The number of benzene rings is 5. The topological polar surface area (TPSA) is 200 Å². The second-order valence-electron chi connectivity index (χ2n) is 14.5. The van der Waals surface area contributed by atoms with Crippen LogP contribution in [0.5, 0.6) is 0 Å². The second kappa shape index (κ2) is 21.5. The minimum atomic E-state index is -4.85. The van der Waals surface area contributed by atoms with Crippen LogP contribution in [-0.2, 0) is 31.5 Å². The number of azo groups is 2. The minimum Gasteiger partial charge on any atom is -0.324 e. The highest BCUT2D eigenvalue weighted by Crippen LogP contribution is 2.40. The first-order valence-corrected chi connectivity index (χ1v) is 20.8. The van der Waals surface area contributed by atoms with Crippen LogP contribution in [-0.4, -0.2) is 47.3 Å². The van der Waals surface area contributed by atoms with E-state index < -0.39 is 82.1 Å². The van der Waals surface area contributed by atoms with Crippen molar-refractivity contribution in [2.45, 2.75) is 52.1 Å². The van der Waals surface area contributed by atoms with Gasteiger partial charge in [0.2, 0.25) is 12.1 Å². The molecule has 354 valence electrons. The number of nitrogens with zero attached hydrogens (tertiary/aromatic N) is 4. The lowest BCUT2D eigenvalue weighted by molar-refractivity contribution is -0.137. The van der Waals surface area contributed by atoms with Crippen LogP contribution in [0.2, 0.25) is 20.1 Å². The van der Waals surface area contributed by atoms with Gasteiger partial charge in [-0.15, -0.1) is 0 Å². The van der Waals surface area contributed by atoms with E-state index in [1.807, 2.05) is 0 Å². The van der Waals surface area contributed by atoms with E-state index in [-0.39, 0.29) is 54.0 Å². The van der Waals surface area contributed by atoms with E-state index in [2.05, 4.69) is 41.7 Å². The second-order valence-corrected chi connectivity index (χ2v) is 16.1. The molecule has 68 heavy (non-hydrogen) atoms. The molecule has 0 fully saturated rings. The highest BCUT2D eigenvalue weighted by atomic mass is 35.5. The number of amides is 4. The Morgan fingerprint density at radius 1 is 0.500 bits per heavy atom. The van der Waals surface area contributed by atoms with Crippen molar-refractivity contribution >= 4 is 116 Å². The van der Waals surface area contributed by atoms with Gasteiger partial charge in [-0.2, -0.15) is 46.8 Å². The number of hydrogen-bond donors (Lipinski definition) is 4. The van der Waals surface area contributed by atoms with E-state index in [4.69, 9.17) is 46.4 Å². The van der Waals surface area contributed by atoms with Crippen LogP contribution in [0.4, 0.5) is 60.5 Å². The van der Waals surface area contributed by atoms with Crippen molar-refractivity contribution in [3.63, 3.8) is 0 Å². The molecule has 14 nitrogen and oxygen atoms in total. The zero-order valence-electron chi connectivity index (χ0n) is 35.3. The number of carbonyl (C=O) groups is 6. The van der Waals surface area contributed by atoms with Gasteiger partial charge in [-0.1, -0.05) is 58.5 Å². The Morgan fingerprint density at radius 2 is 0.853 bits per heavy atom. The summed E-state index contributed by atoms with van der Waals surface area (Å²) >= 11 is 24.4. The number of carbonyl (C=O) groups excluding carboxylic acids is 6. The molecule has 0 aromatic heterocycles. The Balaban J connectivity index is 1.29. The number of aryl methyl sites for hydroxylation is 2. The quantitative estimate of drug-likeness (QED) is 0.0484. The van der Waals surface area contributed by atoms with Crippen LogP contribution in [0.3, 0.4) is 0 Å². The lowest BCUT2D eigenvalue weighted by Gasteiger charge is -2.16. The van der Waals surface area contributed by atoms with Crippen molar-refractivity contribution < 1.29 is 55.1 Å².